The van der Waals surface area contributed by atoms with Crippen molar-refractivity contribution in [2.75, 3.05) is 6.54 Å². The van der Waals surface area contributed by atoms with Gasteiger partial charge >= 0.3 is 0 Å². The fourth-order valence-electron chi connectivity index (χ4n) is 3.49. The van der Waals surface area contributed by atoms with Crippen LogP contribution in [0.5, 0.6) is 0 Å². The summed E-state index contributed by atoms with van der Waals surface area (Å²) in [6.45, 7) is 4.87. The van der Waals surface area contributed by atoms with Gasteiger partial charge in [-0.3, -0.25) is 9.59 Å². The summed E-state index contributed by atoms with van der Waals surface area (Å²) in [6, 6.07) is 3.76. The second kappa shape index (κ2) is 7.20. The van der Waals surface area contributed by atoms with E-state index in [1.807, 2.05) is 26.0 Å². The van der Waals surface area contributed by atoms with Crippen LogP contribution in [0.2, 0.25) is 0 Å². The highest BCUT2D eigenvalue weighted by atomic mass is 16.1. The van der Waals surface area contributed by atoms with Gasteiger partial charge in [-0.2, -0.15) is 5.10 Å². The third kappa shape index (κ3) is 3.43. The van der Waals surface area contributed by atoms with E-state index in [2.05, 4.69) is 15.4 Å². The molecule has 0 atom stereocenters. The first-order valence-corrected chi connectivity index (χ1v) is 9.52. The Morgan fingerprint density at radius 2 is 2.14 bits per heavy atom. The van der Waals surface area contributed by atoms with Crippen LogP contribution in [0.3, 0.4) is 0 Å². The Hall–Kier alpha value is -3.00. The maximum absolute atomic E-state index is 13.0. The quantitative estimate of drug-likeness (QED) is 0.599. The third-order valence-electron chi connectivity index (χ3n) is 5.13. The molecule has 28 heavy (non-hydrogen) atoms. The molecule has 3 aromatic rings. The minimum absolute atomic E-state index is 0.166. The number of aromatic amines is 1. The predicted molar refractivity (Wildman–Crippen MR) is 106 cm³/mol. The van der Waals surface area contributed by atoms with Gasteiger partial charge in [-0.15, -0.1) is 0 Å². The first-order chi connectivity index (χ1) is 13.5. The maximum atomic E-state index is 13.0. The highest BCUT2D eigenvalue weighted by molar-refractivity contribution is 6.05. The van der Waals surface area contributed by atoms with Crippen molar-refractivity contribution >= 4 is 16.9 Å². The standard InChI is InChI=1S/C20H24N6O2/c1-11-7-12(2)24-20(28)15(11)9-22-19(27)14-8-17(13-3-4-13)25-18-16(14)10-23-26(18)6-5-21/h7-8,10,13H,3-6,9,21H2,1-2H3,(H,22,27)(H,24,28). The van der Waals surface area contributed by atoms with E-state index < -0.39 is 0 Å². The van der Waals surface area contributed by atoms with Gasteiger partial charge in [0.05, 0.1) is 23.7 Å². The average molecular weight is 380 g/mol. The Morgan fingerprint density at radius 1 is 1.36 bits per heavy atom. The number of rotatable bonds is 6. The van der Waals surface area contributed by atoms with Crippen molar-refractivity contribution in [1.29, 1.82) is 0 Å². The maximum Gasteiger partial charge on any atom is 0.253 e. The topological polar surface area (TPSA) is 119 Å². The van der Waals surface area contributed by atoms with E-state index in [0.29, 0.717) is 41.2 Å². The molecular weight excluding hydrogens is 356 g/mol. The molecule has 1 aliphatic rings. The molecule has 0 aromatic carbocycles. The molecule has 1 saturated carbocycles. The Morgan fingerprint density at radius 3 is 2.82 bits per heavy atom. The van der Waals surface area contributed by atoms with Gasteiger partial charge in [-0.05, 0) is 44.4 Å². The van der Waals surface area contributed by atoms with Crippen molar-refractivity contribution in [2.24, 2.45) is 5.73 Å². The summed E-state index contributed by atoms with van der Waals surface area (Å²) >= 11 is 0. The van der Waals surface area contributed by atoms with Gasteiger partial charge in [0.1, 0.15) is 0 Å². The number of aryl methyl sites for hydroxylation is 2. The average Bonchev–Trinajstić information content (AvgIpc) is 3.42. The summed E-state index contributed by atoms with van der Waals surface area (Å²) in [4.78, 5) is 32.7. The molecule has 4 rings (SSSR count). The van der Waals surface area contributed by atoms with Crippen LogP contribution in [0.1, 0.15) is 51.6 Å². The highest BCUT2D eigenvalue weighted by Crippen LogP contribution is 2.40. The Kier molecular flexibility index (Phi) is 4.72. The van der Waals surface area contributed by atoms with Crippen molar-refractivity contribution in [3.05, 3.63) is 56.8 Å². The number of amides is 1. The van der Waals surface area contributed by atoms with Crippen molar-refractivity contribution in [3.63, 3.8) is 0 Å². The number of carbonyl (C=O) groups is 1. The number of nitrogens with one attached hydrogen (secondary N) is 2. The van der Waals surface area contributed by atoms with Crippen LogP contribution in [0.25, 0.3) is 11.0 Å². The number of hydrogen-bond acceptors (Lipinski definition) is 5. The smallest absolute Gasteiger partial charge is 0.253 e. The zero-order chi connectivity index (χ0) is 19.8. The summed E-state index contributed by atoms with van der Waals surface area (Å²) in [5.41, 5.74) is 9.85. The number of nitrogens with zero attached hydrogens (tertiary/aromatic N) is 3. The first kappa shape index (κ1) is 18.4. The van der Waals surface area contributed by atoms with Crippen LogP contribution in [0, 0.1) is 13.8 Å². The number of H-pyrrole nitrogens is 1. The van der Waals surface area contributed by atoms with Crippen molar-refractivity contribution < 1.29 is 4.79 Å². The molecule has 3 heterocycles. The molecule has 0 spiro atoms. The predicted octanol–water partition coefficient (Wildman–Crippen LogP) is 1.50. The van der Waals surface area contributed by atoms with Crippen LogP contribution in [0.15, 0.2) is 23.1 Å². The molecule has 1 aliphatic carbocycles. The number of aromatic nitrogens is 4. The molecule has 3 aromatic heterocycles. The lowest BCUT2D eigenvalue weighted by molar-refractivity contribution is 0.0952. The Labute approximate surface area is 162 Å². The summed E-state index contributed by atoms with van der Waals surface area (Å²) in [7, 11) is 0. The van der Waals surface area contributed by atoms with Crippen LogP contribution in [0.4, 0.5) is 0 Å². The second-order valence-corrected chi connectivity index (χ2v) is 7.39. The molecule has 8 nitrogen and oxygen atoms in total. The van der Waals surface area contributed by atoms with E-state index in [9.17, 15) is 9.59 Å². The number of nitrogens with two attached hydrogens (primary N) is 1. The molecule has 4 N–H and O–H groups in total. The van der Waals surface area contributed by atoms with E-state index in [0.717, 1.165) is 29.8 Å². The van der Waals surface area contributed by atoms with E-state index in [1.165, 1.54) is 0 Å². The van der Waals surface area contributed by atoms with Gasteiger partial charge in [0, 0.05) is 36.0 Å². The molecular formula is C20H24N6O2. The number of hydrogen-bond donors (Lipinski definition) is 3. The summed E-state index contributed by atoms with van der Waals surface area (Å²) in [5.74, 6) is 0.167. The van der Waals surface area contributed by atoms with Gasteiger partial charge < -0.3 is 16.0 Å². The SMILES string of the molecule is Cc1cc(C)c(CNC(=O)c2cc(C3CC3)nc3c2cnn3CCN)c(=O)[nH]1. The van der Waals surface area contributed by atoms with Crippen LogP contribution in [-0.4, -0.2) is 32.2 Å². The molecule has 0 aliphatic heterocycles. The second-order valence-electron chi connectivity index (χ2n) is 7.39. The van der Waals surface area contributed by atoms with Gasteiger partial charge in [-0.1, -0.05) is 0 Å². The molecule has 1 amide bonds. The van der Waals surface area contributed by atoms with Gasteiger partial charge in [-0.25, -0.2) is 9.67 Å². The Bertz CT molecular complexity index is 1110. The fourth-order valence-corrected chi connectivity index (χ4v) is 3.49. The van der Waals surface area contributed by atoms with Crippen molar-refractivity contribution in [3.8, 4) is 0 Å². The zero-order valence-corrected chi connectivity index (χ0v) is 16.1. The molecule has 1 fully saturated rings. The molecule has 0 unspecified atom stereocenters. The third-order valence-corrected chi connectivity index (χ3v) is 5.13. The van der Waals surface area contributed by atoms with Crippen LogP contribution >= 0.6 is 0 Å². The van der Waals surface area contributed by atoms with Gasteiger partial charge in [0.15, 0.2) is 5.65 Å². The first-order valence-electron chi connectivity index (χ1n) is 9.52. The molecule has 0 radical (unpaired) electrons. The van der Waals surface area contributed by atoms with Crippen molar-refractivity contribution in [1.82, 2.24) is 25.1 Å². The lowest BCUT2D eigenvalue weighted by Crippen LogP contribution is -2.28. The number of fused-ring (bicyclic) bond motifs is 1. The highest BCUT2D eigenvalue weighted by Gasteiger charge is 2.28. The monoisotopic (exact) mass is 380 g/mol. The van der Waals surface area contributed by atoms with Crippen LogP contribution < -0.4 is 16.6 Å². The largest absolute Gasteiger partial charge is 0.348 e. The normalized spacial score (nSPS) is 13.8. The van der Waals surface area contributed by atoms with E-state index in [-0.39, 0.29) is 18.0 Å². The molecule has 0 bridgehead atoms. The molecule has 146 valence electrons. The van der Waals surface area contributed by atoms with Gasteiger partial charge in [0.25, 0.3) is 11.5 Å². The zero-order valence-electron chi connectivity index (χ0n) is 16.1. The van der Waals surface area contributed by atoms with Crippen LogP contribution in [-0.2, 0) is 13.1 Å². The lowest BCUT2D eigenvalue weighted by Gasteiger charge is -2.10. The van der Waals surface area contributed by atoms with E-state index >= 15 is 0 Å². The molecule has 8 heteroatoms. The summed E-state index contributed by atoms with van der Waals surface area (Å²) in [5, 5.41) is 7.93. The molecule has 0 saturated heterocycles. The minimum atomic E-state index is -0.235. The number of carbonyl (C=O) groups excluding carboxylic acids is 1. The fraction of sp³-hybridized carbons (Fsp3) is 0.400. The summed E-state index contributed by atoms with van der Waals surface area (Å²) < 4.78 is 1.74. The van der Waals surface area contributed by atoms with Gasteiger partial charge in [0.2, 0.25) is 0 Å². The Balaban J connectivity index is 1.66. The minimum Gasteiger partial charge on any atom is -0.348 e. The van der Waals surface area contributed by atoms with E-state index in [1.54, 1.807) is 10.9 Å². The summed E-state index contributed by atoms with van der Waals surface area (Å²) in [6.07, 6.45) is 3.83. The lowest BCUT2D eigenvalue weighted by atomic mass is 10.1. The van der Waals surface area contributed by atoms with E-state index in [4.69, 9.17) is 10.7 Å². The number of pyridine rings is 2. The van der Waals surface area contributed by atoms with Crippen molar-refractivity contribution in [2.45, 2.75) is 45.7 Å².